The summed E-state index contributed by atoms with van der Waals surface area (Å²) in [7, 11) is 0.0206. The van der Waals surface area contributed by atoms with Crippen molar-refractivity contribution in [2.45, 2.75) is 40.4 Å². The van der Waals surface area contributed by atoms with Crippen LogP contribution in [0.25, 0.3) is 33.3 Å². The number of halogens is 1. The quantitative estimate of drug-likeness (QED) is 0.301. The third-order valence-electron chi connectivity index (χ3n) is 6.43. The molecule has 2 N–H and O–H groups in total. The average Bonchev–Trinajstić information content (AvgIpc) is 3.33. The van der Waals surface area contributed by atoms with E-state index in [1.54, 1.807) is 13.0 Å². The van der Waals surface area contributed by atoms with Gasteiger partial charge in [-0.15, -0.1) is 0 Å². The minimum atomic E-state index is -1.90. The molecule has 1 aromatic carbocycles. The van der Waals surface area contributed by atoms with Crippen LogP contribution in [0.5, 0.6) is 0 Å². The Balaban J connectivity index is 2.07. The fraction of sp³-hybridized carbons (Fsp3) is 0.269. The van der Waals surface area contributed by atoms with Crippen LogP contribution < -0.4 is 10.6 Å². The molecular weight excluding hydrogens is 445 g/mol. The molecule has 176 valence electrons. The molecule has 0 radical (unpaired) electrons. The minimum Gasteiger partial charge on any atom is -0.347 e. The van der Waals surface area contributed by atoms with Crippen LogP contribution in [0.1, 0.15) is 16.8 Å². The van der Waals surface area contributed by atoms with Crippen molar-refractivity contribution in [3.63, 3.8) is 0 Å². The minimum absolute atomic E-state index is 0.377. The second kappa shape index (κ2) is 8.36. The topological polar surface area (TPSA) is 75.6 Å². The van der Waals surface area contributed by atoms with E-state index in [2.05, 4.69) is 48.5 Å². The van der Waals surface area contributed by atoms with E-state index in [-0.39, 0.29) is 11.7 Å². The molecule has 0 atom stereocenters. The number of fused-ring (bicyclic) bond motifs is 1. The van der Waals surface area contributed by atoms with Crippen LogP contribution >= 0.6 is 0 Å². The number of hydrogen-bond donors (Lipinski definition) is 2. The van der Waals surface area contributed by atoms with Gasteiger partial charge in [-0.1, -0.05) is 26.2 Å². The molecule has 34 heavy (non-hydrogen) atoms. The lowest BCUT2D eigenvalue weighted by atomic mass is 9.96. The summed E-state index contributed by atoms with van der Waals surface area (Å²) in [4.78, 5) is 20.3. The highest BCUT2D eigenvalue weighted by Crippen LogP contribution is 2.38. The molecular formula is C26H30FN5OSi. The normalized spacial score (nSPS) is 11.8. The van der Waals surface area contributed by atoms with E-state index in [0.29, 0.717) is 16.8 Å². The molecule has 3 aromatic heterocycles. The van der Waals surface area contributed by atoms with Crippen LogP contribution in [0, 0.1) is 26.6 Å². The number of rotatable bonds is 5. The maximum atomic E-state index is 15.1. The van der Waals surface area contributed by atoms with E-state index < -0.39 is 8.07 Å². The molecule has 3 heterocycles. The number of benzene rings is 1. The monoisotopic (exact) mass is 475 g/mol. The zero-order chi connectivity index (χ0) is 24.9. The van der Waals surface area contributed by atoms with Gasteiger partial charge < -0.3 is 10.3 Å². The van der Waals surface area contributed by atoms with Crippen molar-refractivity contribution in [2.75, 3.05) is 5.32 Å². The number of aryl methyl sites for hydroxylation is 2. The Bertz CT molecular complexity index is 1460. The van der Waals surface area contributed by atoms with E-state index in [4.69, 9.17) is 4.98 Å². The molecule has 0 fully saturated rings. The Morgan fingerprint density at radius 2 is 1.85 bits per heavy atom. The summed E-state index contributed by atoms with van der Waals surface area (Å²) >= 11 is 0. The van der Waals surface area contributed by atoms with E-state index in [0.717, 1.165) is 44.3 Å². The number of amides is 1. The lowest BCUT2D eigenvalue weighted by molar-refractivity contribution is -0.111. The second-order valence-corrected chi connectivity index (χ2v) is 14.7. The summed E-state index contributed by atoms with van der Waals surface area (Å²) in [5, 5.41) is 9.19. The number of nitrogens with zero attached hydrogens (tertiary/aromatic N) is 3. The molecule has 8 heteroatoms. The largest absolute Gasteiger partial charge is 0.347 e. The summed E-state index contributed by atoms with van der Waals surface area (Å²) < 4.78 is 17.0. The fourth-order valence-corrected chi connectivity index (χ4v) is 5.84. The Morgan fingerprint density at radius 1 is 1.15 bits per heavy atom. The second-order valence-electron chi connectivity index (χ2n) is 9.74. The fourth-order valence-electron chi connectivity index (χ4n) is 4.33. The Kier molecular flexibility index (Phi) is 5.81. The molecule has 0 unspecified atom stereocenters. The van der Waals surface area contributed by atoms with E-state index in [9.17, 15) is 4.79 Å². The smallest absolute Gasteiger partial charge is 0.247 e. The number of carbonyl (C=O) groups excluding carboxylic acids is 1. The highest BCUT2D eigenvalue weighted by Gasteiger charge is 2.28. The summed E-state index contributed by atoms with van der Waals surface area (Å²) in [6.07, 6.45) is 4.91. The predicted octanol–water partition coefficient (Wildman–Crippen LogP) is 5.36. The number of nitrogens with one attached hydrogen (secondary N) is 2. The average molecular weight is 476 g/mol. The van der Waals surface area contributed by atoms with Gasteiger partial charge in [-0.2, -0.15) is 5.10 Å². The Hall–Kier alpha value is -3.52. The number of aromatic nitrogens is 4. The van der Waals surface area contributed by atoms with Crippen LogP contribution in [-0.4, -0.2) is 33.7 Å². The number of carbonyl (C=O) groups is 1. The predicted molar refractivity (Wildman–Crippen MR) is 140 cm³/mol. The summed E-state index contributed by atoms with van der Waals surface area (Å²) in [5.74, 6) is -0.756. The van der Waals surface area contributed by atoms with Crippen molar-refractivity contribution in [3.05, 3.63) is 59.8 Å². The molecule has 6 nitrogen and oxygen atoms in total. The first-order chi connectivity index (χ1) is 15.9. The zero-order valence-electron chi connectivity index (χ0n) is 20.7. The van der Waals surface area contributed by atoms with Crippen LogP contribution in [0.2, 0.25) is 19.6 Å². The SMILES string of the molecule is C=CC(=O)Nc1cc(-c2c([Si](C)(C)C)[nH]c3ncc(-c4cnn(C)c4C)c(C)c23)cc(F)c1C. The van der Waals surface area contributed by atoms with Crippen LogP contribution in [-0.2, 0) is 11.8 Å². The Labute approximate surface area is 199 Å². The summed E-state index contributed by atoms with van der Waals surface area (Å²) in [6.45, 7) is 16.0. The van der Waals surface area contributed by atoms with Gasteiger partial charge in [0.2, 0.25) is 5.91 Å². The number of aromatic amines is 1. The first kappa shape index (κ1) is 23.6. The lowest BCUT2D eigenvalue weighted by Crippen LogP contribution is -2.39. The lowest BCUT2D eigenvalue weighted by Gasteiger charge is -2.19. The molecule has 0 aliphatic heterocycles. The molecule has 4 aromatic rings. The van der Waals surface area contributed by atoms with Gasteiger partial charge in [0.05, 0.1) is 14.3 Å². The molecule has 1 amide bonds. The maximum Gasteiger partial charge on any atom is 0.247 e. The molecule has 0 saturated heterocycles. The Morgan fingerprint density at radius 3 is 2.44 bits per heavy atom. The van der Waals surface area contributed by atoms with Crippen LogP contribution in [0.15, 0.2) is 37.2 Å². The van der Waals surface area contributed by atoms with Crippen molar-refractivity contribution in [3.8, 4) is 22.3 Å². The van der Waals surface area contributed by atoms with Gasteiger partial charge in [-0.25, -0.2) is 9.37 Å². The molecule has 0 spiro atoms. The van der Waals surface area contributed by atoms with E-state index >= 15 is 4.39 Å². The third kappa shape index (κ3) is 3.88. The van der Waals surface area contributed by atoms with Crippen molar-refractivity contribution in [1.82, 2.24) is 19.7 Å². The highest BCUT2D eigenvalue weighted by atomic mass is 28.3. The molecule has 4 rings (SSSR count). The standard InChI is InChI=1S/C26H30FN5OSi/c1-9-22(33)30-21-11-17(10-20(27)15(21)3)24-23-14(2)18(19-13-29-32(5)16(19)4)12-28-25(23)31-26(24)34(6,7)8/h9-13H,1H2,2-8H3,(H,28,31)(H,30,33). The van der Waals surface area contributed by atoms with Gasteiger partial charge in [-0.05, 0) is 50.1 Å². The van der Waals surface area contributed by atoms with Gasteiger partial charge in [0.1, 0.15) is 11.5 Å². The van der Waals surface area contributed by atoms with Gasteiger partial charge in [-0.3, -0.25) is 9.48 Å². The molecule has 0 aliphatic rings. The van der Waals surface area contributed by atoms with Gasteiger partial charge >= 0.3 is 0 Å². The van der Waals surface area contributed by atoms with E-state index in [1.165, 1.54) is 6.08 Å². The number of anilines is 1. The van der Waals surface area contributed by atoms with Crippen molar-refractivity contribution in [1.29, 1.82) is 0 Å². The van der Waals surface area contributed by atoms with E-state index in [1.807, 2.05) is 37.1 Å². The first-order valence-corrected chi connectivity index (χ1v) is 14.7. The molecule has 0 saturated carbocycles. The molecule has 0 bridgehead atoms. The number of H-pyrrole nitrogens is 1. The zero-order valence-corrected chi connectivity index (χ0v) is 21.7. The van der Waals surface area contributed by atoms with Gasteiger partial charge in [0, 0.05) is 57.6 Å². The number of hydrogen-bond acceptors (Lipinski definition) is 3. The molecule has 0 aliphatic carbocycles. The number of pyridine rings is 1. The third-order valence-corrected chi connectivity index (χ3v) is 8.31. The van der Waals surface area contributed by atoms with Crippen molar-refractivity contribution in [2.24, 2.45) is 7.05 Å². The van der Waals surface area contributed by atoms with Gasteiger partial charge in [0.15, 0.2) is 0 Å². The maximum absolute atomic E-state index is 15.1. The first-order valence-electron chi connectivity index (χ1n) is 11.2. The van der Waals surface area contributed by atoms with Crippen LogP contribution in [0.3, 0.4) is 0 Å². The van der Waals surface area contributed by atoms with Crippen molar-refractivity contribution >= 4 is 36.0 Å². The van der Waals surface area contributed by atoms with Gasteiger partial charge in [0.25, 0.3) is 0 Å². The van der Waals surface area contributed by atoms with Crippen molar-refractivity contribution < 1.29 is 9.18 Å². The summed E-state index contributed by atoms with van der Waals surface area (Å²) in [6, 6.07) is 3.39. The highest BCUT2D eigenvalue weighted by molar-refractivity contribution is 6.89. The van der Waals surface area contributed by atoms with Crippen LogP contribution in [0.4, 0.5) is 10.1 Å². The summed E-state index contributed by atoms with van der Waals surface area (Å²) in [5.41, 5.74) is 7.34.